The van der Waals surface area contributed by atoms with Crippen LogP contribution >= 0.6 is 0 Å². The van der Waals surface area contributed by atoms with Gasteiger partial charge in [0, 0.05) is 25.3 Å². The summed E-state index contributed by atoms with van der Waals surface area (Å²) in [6, 6.07) is 0.662. The number of hydrogen-bond acceptors (Lipinski definition) is 1. The van der Waals surface area contributed by atoms with Crippen molar-refractivity contribution in [3.8, 4) is 0 Å². The molecule has 1 aliphatic heterocycles. The van der Waals surface area contributed by atoms with Gasteiger partial charge in [0.25, 0.3) is 0 Å². The minimum absolute atomic E-state index is 0.590. The van der Waals surface area contributed by atoms with E-state index in [2.05, 4.69) is 40.2 Å². The van der Waals surface area contributed by atoms with Gasteiger partial charge in [-0.05, 0) is 19.4 Å². The highest BCUT2D eigenvalue weighted by Crippen LogP contribution is 2.32. The van der Waals surface area contributed by atoms with E-state index in [-0.39, 0.29) is 0 Å². The van der Waals surface area contributed by atoms with Gasteiger partial charge in [-0.1, -0.05) is 13.8 Å². The summed E-state index contributed by atoms with van der Waals surface area (Å²) in [5.41, 5.74) is 0.590. The second kappa shape index (κ2) is 4.84. The van der Waals surface area contributed by atoms with Crippen LogP contribution in [0.3, 0.4) is 0 Å². The molecule has 0 aromatic carbocycles. The maximum atomic E-state index is 3.33. The quantitative estimate of drug-likeness (QED) is 0.706. The zero-order valence-electron chi connectivity index (χ0n) is 11.3. The summed E-state index contributed by atoms with van der Waals surface area (Å²) in [6.45, 7) is 11.2. The number of rotatable bonds is 4. The van der Waals surface area contributed by atoms with Gasteiger partial charge in [-0.15, -0.1) is 0 Å². The van der Waals surface area contributed by atoms with Gasteiger partial charge in [-0.3, -0.25) is 0 Å². The average molecular weight is 213 g/mol. The lowest BCUT2D eigenvalue weighted by atomic mass is 9.81. The van der Waals surface area contributed by atoms with Crippen LogP contribution in [-0.4, -0.2) is 44.3 Å². The second-order valence-corrected chi connectivity index (χ2v) is 6.43. The highest BCUT2D eigenvalue weighted by molar-refractivity contribution is 4.72. The summed E-state index contributed by atoms with van der Waals surface area (Å²) in [5.74, 6) is 0. The Labute approximate surface area is 95.6 Å². The van der Waals surface area contributed by atoms with Crippen LogP contribution < -0.4 is 5.32 Å². The maximum Gasteiger partial charge on any atom is 0.0799 e. The number of quaternary nitrogens is 1. The third-order valence-electron chi connectivity index (χ3n) is 4.25. The molecule has 1 aliphatic rings. The lowest BCUT2D eigenvalue weighted by Crippen LogP contribution is -2.52. The zero-order valence-corrected chi connectivity index (χ0v) is 11.3. The molecule has 1 fully saturated rings. The van der Waals surface area contributed by atoms with E-state index in [9.17, 15) is 0 Å². The van der Waals surface area contributed by atoms with Crippen LogP contribution in [0, 0.1) is 5.41 Å². The Morgan fingerprint density at radius 1 is 1.27 bits per heavy atom. The minimum atomic E-state index is 0.590. The van der Waals surface area contributed by atoms with Crippen LogP contribution in [0.5, 0.6) is 0 Å². The van der Waals surface area contributed by atoms with Crippen LogP contribution in [0.4, 0.5) is 0 Å². The standard InChI is InChI=1S/C13H29N2/c1-12(14-4)6-9-15(5)10-7-13(2,3)8-11-15/h12,14H,6-11H2,1-5H3/q+1. The molecule has 2 nitrogen and oxygen atoms in total. The van der Waals surface area contributed by atoms with Gasteiger partial charge in [0.1, 0.15) is 0 Å². The number of piperidine rings is 1. The first kappa shape index (κ1) is 13.0. The molecule has 90 valence electrons. The van der Waals surface area contributed by atoms with E-state index in [1.807, 2.05) is 0 Å². The summed E-state index contributed by atoms with van der Waals surface area (Å²) < 4.78 is 1.29. The highest BCUT2D eigenvalue weighted by atomic mass is 15.3. The maximum absolute atomic E-state index is 3.33. The van der Waals surface area contributed by atoms with E-state index >= 15 is 0 Å². The molecule has 2 heteroatoms. The fourth-order valence-electron chi connectivity index (χ4n) is 2.26. The van der Waals surface area contributed by atoms with Gasteiger partial charge in [-0.25, -0.2) is 0 Å². The van der Waals surface area contributed by atoms with Crippen LogP contribution in [-0.2, 0) is 0 Å². The Balaban J connectivity index is 2.35. The summed E-state index contributed by atoms with van der Waals surface area (Å²) in [7, 11) is 4.49. The van der Waals surface area contributed by atoms with E-state index in [1.54, 1.807) is 0 Å². The first-order chi connectivity index (χ1) is 6.87. The molecule has 0 amide bonds. The molecule has 1 atom stereocenters. The van der Waals surface area contributed by atoms with Crippen molar-refractivity contribution in [3.05, 3.63) is 0 Å². The molecule has 0 radical (unpaired) electrons. The van der Waals surface area contributed by atoms with Crippen molar-refractivity contribution in [2.24, 2.45) is 5.41 Å². The molecular formula is C13H29N2+. The van der Waals surface area contributed by atoms with Gasteiger partial charge in [-0.2, -0.15) is 0 Å². The van der Waals surface area contributed by atoms with E-state index in [1.165, 1.54) is 43.4 Å². The molecule has 0 spiro atoms. The van der Waals surface area contributed by atoms with Crippen molar-refractivity contribution in [3.63, 3.8) is 0 Å². The van der Waals surface area contributed by atoms with Gasteiger partial charge < -0.3 is 9.80 Å². The van der Waals surface area contributed by atoms with Crippen molar-refractivity contribution in [1.29, 1.82) is 0 Å². The van der Waals surface area contributed by atoms with Gasteiger partial charge in [0.15, 0.2) is 0 Å². The van der Waals surface area contributed by atoms with Gasteiger partial charge in [0.05, 0.1) is 26.7 Å². The molecule has 0 saturated carbocycles. The topological polar surface area (TPSA) is 12.0 Å². The van der Waals surface area contributed by atoms with Gasteiger partial charge in [0.2, 0.25) is 0 Å². The van der Waals surface area contributed by atoms with Crippen LogP contribution in [0.1, 0.15) is 40.0 Å². The first-order valence-corrected chi connectivity index (χ1v) is 6.38. The summed E-state index contributed by atoms with van der Waals surface area (Å²) in [5, 5.41) is 3.33. The Morgan fingerprint density at radius 2 is 1.80 bits per heavy atom. The van der Waals surface area contributed by atoms with Gasteiger partial charge >= 0.3 is 0 Å². The van der Waals surface area contributed by atoms with Crippen molar-refractivity contribution in [2.45, 2.75) is 46.1 Å². The number of nitrogens with zero attached hydrogens (tertiary/aromatic N) is 1. The summed E-state index contributed by atoms with van der Waals surface area (Å²) >= 11 is 0. The molecule has 0 aliphatic carbocycles. The molecule has 0 aromatic rings. The normalized spacial score (nSPS) is 26.2. The lowest BCUT2D eigenvalue weighted by molar-refractivity contribution is -0.916. The Bertz CT molecular complexity index is 189. The molecule has 1 saturated heterocycles. The molecule has 1 N–H and O–H groups in total. The largest absolute Gasteiger partial charge is 0.326 e. The Hall–Kier alpha value is -0.0800. The van der Waals surface area contributed by atoms with E-state index in [4.69, 9.17) is 0 Å². The molecule has 0 aromatic heterocycles. The van der Waals surface area contributed by atoms with Crippen LogP contribution in [0.15, 0.2) is 0 Å². The highest BCUT2D eigenvalue weighted by Gasteiger charge is 2.33. The Kier molecular flexibility index (Phi) is 4.19. The monoisotopic (exact) mass is 213 g/mol. The fourth-order valence-corrected chi connectivity index (χ4v) is 2.26. The molecule has 0 bridgehead atoms. The SMILES string of the molecule is CNC(C)CC[N+]1(C)CCC(C)(C)CC1. The fraction of sp³-hybridized carbons (Fsp3) is 1.00. The second-order valence-electron chi connectivity index (χ2n) is 6.43. The summed E-state index contributed by atoms with van der Waals surface area (Å²) in [4.78, 5) is 0. The third kappa shape index (κ3) is 4.12. The average Bonchev–Trinajstić information content (AvgIpc) is 2.20. The van der Waals surface area contributed by atoms with E-state index in [0.29, 0.717) is 11.5 Å². The Morgan fingerprint density at radius 3 is 2.27 bits per heavy atom. The smallest absolute Gasteiger partial charge is 0.0799 e. The lowest BCUT2D eigenvalue weighted by Gasteiger charge is -2.44. The van der Waals surface area contributed by atoms with Crippen LogP contribution in [0.2, 0.25) is 0 Å². The minimum Gasteiger partial charge on any atom is -0.326 e. The van der Waals surface area contributed by atoms with Crippen molar-refractivity contribution < 1.29 is 4.48 Å². The zero-order chi connectivity index (χ0) is 11.5. The number of hydrogen-bond donors (Lipinski definition) is 1. The molecule has 1 heterocycles. The molecule has 1 unspecified atom stereocenters. The predicted molar refractivity (Wildman–Crippen MR) is 66.9 cm³/mol. The molecular weight excluding hydrogens is 184 g/mol. The van der Waals surface area contributed by atoms with Crippen LogP contribution in [0.25, 0.3) is 0 Å². The third-order valence-corrected chi connectivity index (χ3v) is 4.25. The molecule has 1 rings (SSSR count). The van der Waals surface area contributed by atoms with Crippen molar-refractivity contribution >= 4 is 0 Å². The number of nitrogens with one attached hydrogen (secondary N) is 1. The number of likely N-dealkylation sites (tertiary alicyclic amines) is 1. The van der Waals surface area contributed by atoms with E-state index in [0.717, 1.165) is 0 Å². The predicted octanol–water partition coefficient (Wildman–Crippen LogP) is 2.25. The summed E-state index contributed by atoms with van der Waals surface area (Å²) in [6.07, 6.45) is 4.07. The van der Waals surface area contributed by atoms with Crippen molar-refractivity contribution in [1.82, 2.24) is 5.32 Å². The van der Waals surface area contributed by atoms with Crippen molar-refractivity contribution in [2.75, 3.05) is 33.7 Å². The molecule has 15 heavy (non-hydrogen) atoms. The van der Waals surface area contributed by atoms with E-state index < -0.39 is 0 Å². The first-order valence-electron chi connectivity index (χ1n) is 6.38.